The lowest BCUT2D eigenvalue weighted by Gasteiger charge is -2.24. The fourth-order valence-electron chi connectivity index (χ4n) is 3.30. The number of hydrogen-bond donors (Lipinski definition) is 1. The van der Waals surface area contributed by atoms with Crippen LogP contribution < -0.4 is 15.0 Å². The van der Waals surface area contributed by atoms with Crippen LogP contribution in [0.5, 0.6) is 5.75 Å². The Labute approximate surface area is 200 Å². The summed E-state index contributed by atoms with van der Waals surface area (Å²) in [7, 11) is 0. The van der Waals surface area contributed by atoms with E-state index in [1.807, 2.05) is 37.3 Å². The van der Waals surface area contributed by atoms with Crippen LogP contribution in [-0.4, -0.2) is 24.2 Å². The van der Waals surface area contributed by atoms with Crippen LogP contribution in [0, 0.1) is 6.92 Å². The van der Waals surface area contributed by atoms with Gasteiger partial charge in [-0.25, -0.2) is 0 Å². The number of ether oxygens (including phenoxy) is 1. The van der Waals surface area contributed by atoms with Gasteiger partial charge >= 0.3 is 0 Å². The highest BCUT2D eigenvalue weighted by molar-refractivity contribution is 8.00. The Kier molecular flexibility index (Phi) is 6.94. The molecule has 32 heavy (non-hydrogen) atoms. The molecule has 1 aliphatic rings. The molecule has 0 aliphatic carbocycles. The Balaban J connectivity index is 1.38. The number of benzene rings is 3. The molecule has 1 atom stereocenters. The van der Waals surface area contributed by atoms with Crippen LogP contribution in [0.25, 0.3) is 0 Å². The van der Waals surface area contributed by atoms with Crippen molar-refractivity contribution in [1.82, 2.24) is 0 Å². The first kappa shape index (κ1) is 22.5. The van der Waals surface area contributed by atoms with E-state index in [0.29, 0.717) is 27.2 Å². The molecular weight excluding hydrogens is 467 g/mol. The predicted molar refractivity (Wildman–Crippen MR) is 131 cm³/mol. The molecule has 5 nitrogen and oxygen atoms in total. The normalized spacial score (nSPS) is 15.7. The predicted octanol–water partition coefficient (Wildman–Crippen LogP) is 6.10. The van der Waals surface area contributed by atoms with Gasteiger partial charge in [-0.05, 0) is 66.6 Å². The summed E-state index contributed by atoms with van der Waals surface area (Å²) >= 11 is 13.6. The molecule has 164 valence electrons. The number of thioether (sulfide) groups is 1. The lowest BCUT2D eigenvalue weighted by molar-refractivity contribution is -0.118. The summed E-state index contributed by atoms with van der Waals surface area (Å²) in [6.07, 6.45) is 0. The third kappa shape index (κ3) is 5.21. The first-order valence-corrected chi connectivity index (χ1v) is 11.7. The maximum absolute atomic E-state index is 12.5. The number of aryl methyl sites for hydroxylation is 1. The number of amides is 2. The second kappa shape index (κ2) is 9.86. The van der Waals surface area contributed by atoms with Crippen molar-refractivity contribution >= 4 is 58.2 Å². The molecule has 0 radical (unpaired) electrons. The Bertz CT molecular complexity index is 1140. The van der Waals surface area contributed by atoms with Gasteiger partial charge in [-0.15, -0.1) is 11.8 Å². The maximum Gasteiger partial charge on any atom is 0.262 e. The van der Waals surface area contributed by atoms with Crippen molar-refractivity contribution in [2.24, 2.45) is 0 Å². The molecule has 8 heteroatoms. The van der Waals surface area contributed by atoms with Crippen molar-refractivity contribution < 1.29 is 14.3 Å². The van der Waals surface area contributed by atoms with E-state index in [0.717, 1.165) is 16.8 Å². The van der Waals surface area contributed by atoms with Crippen molar-refractivity contribution in [2.75, 3.05) is 22.6 Å². The molecule has 1 aliphatic heterocycles. The highest BCUT2D eigenvalue weighted by Gasteiger charge is 2.34. The number of hydrogen-bond acceptors (Lipinski definition) is 4. The molecule has 0 spiro atoms. The highest BCUT2D eigenvalue weighted by atomic mass is 35.5. The number of rotatable bonds is 6. The Morgan fingerprint density at radius 2 is 1.81 bits per heavy atom. The van der Waals surface area contributed by atoms with Crippen LogP contribution in [0.3, 0.4) is 0 Å². The van der Waals surface area contributed by atoms with Gasteiger partial charge in [0.15, 0.2) is 6.61 Å². The minimum absolute atomic E-state index is 0.0514. The topological polar surface area (TPSA) is 58.6 Å². The molecule has 1 fully saturated rings. The van der Waals surface area contributed by atoms with Gasteiger partial charge in [-0.2, -0.15) is 0 Å². The molecule has 2 amide bonds. The van der Waals surface area contributed by atoms with E-state index >= 15 is 0 Å². The summed E-state index contributed by atoms with van der Waals surface area (Å²) in [5.74, 6) is 0.753. The number of carbonyl (C=O) groups excluding carboxylic acids is 2. The highest BCUT2D eigenvalue weighted by Crippen LogP contribution is 2.42. The molecular formula is C24H20Cl2N2O3S. The van der Waals surface area contributed by atoms with E-state index in [4.69, 9.17) is 27.9 Å². The molecule has 3 aromatic rings. The Morgan fingerprint density at radius 1 is 1.09 bits per heavy atom. The van der Waals surface area contributed by atoms with Crippen molar-refractivity contribution in [3.63, 3.8) is 0 Å². The third-order valence-electron chi connectivity index (χ3n) is 4.96. The second-order valence-corrected chi connectivity index (χ2v) is 9.19. The van der Waals surface area contributed by atoms with E-state index in [-0.39, 0.29) is 23.8 Å². The SMILES string of the molecule is Cc1ccc(NC(=O)COc2ccc([C@@H]3SCC(=O)N3c3ccc(Cl)cc3)cc2)cc1Cl. The van der Waals surface area contributed by atoms with Crippen LogP contribution in [0.2, 0.25) is 10.0 Å². The lowest BCUT2D eigenvalue weighted by atomic mass is 10.2. The van der Waals surface area contributed by atoms with E-state index < -0.39 is 0 Å². The first-order valence-electron chi connectivity index (χ1n) is 9.89. The Hall–Kier alpha value is -2.67. The number of carbonyl (C=O) groups is 2. The molecule has 0 aromatic heterocycles. The summed E-state index contributed by atoms with van der Waals surface area (Å²) in [5.41, 5.74) is 3.34. The first-order chi connectivity index (χ1) is 15.4. The smallest absolute Gasteiger partial charge is 0.262 e. The van der Waals surface area contributed by atoms with Crippen molar-refractivity contribution in [1.29, 1.82) is 0 Å². The van der Waals surface area contributed by atoms with Crippen LogP contribution in [0.4, 0.5) is 11.4 Å². The zero-order valence-corrected chi connectivity index (χ0v) is 19.5. The van der Waals surface area contributed by atoms with Crippen LogP contribution >= 0.6 is 35.0 Å². The van der Waals surface area contributed by atoms with Gasteiger partial charge < -0.3 is 10.1 Å². The average Bonchev–Trinajstić information content (AvgIpc) is 3.17. The largest absolute Gasteiger partial charge is 0.484 e. The van der Waals surface area contributed by atoms with Gasteiger partial charge in [0.2, 0.25) is 5.91 Å². The average molecular weight is 487 g/mol. The summed E-state index contributed by atoms with van der Waals surface area (Å²) in [6, 6.07) is 20.0. The van der Waals surface area contributed by atoms with E-state index in [2.05, 4.69) is 5.32 Å². The van der Waals surface area contributed by atoms with Crippen LogP contribution in [0.1, 0.15) is 16.5 Å². The fraction of sp³-hybridized carbons (Fsp3) is 0.167. The molecule has 1 saturated heterocycles. The number of nitrogens with one attached hydrogen (secondary N) is 1. The zero-order chi connectivity index (χ0) is 22.7. The zero-order valence-electron chi connectivity index (χ0n) is 17.2. The van der Waals surface area contributed by atoms with Gasteiger partial charge in [0.1, 0.15) is 11.1 Å². The maximum atomic E-state index is 12.5. The van der Waals surface area contributed by atoms with Gasteiger partial charge in [0, 0.05) is 21.4 Å². The Morgan fingerprint density at radius 3 is 2.50 bits per heavy atom. The summed E-state index contributed by atoms with van der Waals surface area (Å²) in [6.45, 7) is 1.77. The monoisotopic (exact) mass is 486 g/mol. The summed E-state index contributed by atoms with van der Waals surface area (Å²) in [5, 5.41) is 3.85. The molecule has 0 saturated carbocycles. The summed E-state index contributed by atoms with van der Waals surface area (Å²) < 4.78 is 5.61. The van der Waals surface area contributed by atoms with Gasteiger partial charge in [0.05, 0.1) is 5.75 Å². The molecule has 3 aromatic carbocycles. The standard InChI is InChI=1S/C24H20Cl2N2O3S/c1-15-2-7-18(12-21(15)26)27-22(29)13-31-20-10-3-16(4-11-20)24-28(23(30)14-32-24)19-8-5-17(25)6-9-19/h2-12,24H,13-14H2,1H3,(H,27,29)/t24-/m0/s1. The lowest BCUT2D eigenvalue weighted by Crippen LogP contribution is -2.27. The molecule has 1 heterocycles. The molecule has 4 rings (SSSR count). The quantitative estimate of drug-likeness (QED) is 0.457. The van der Waals surface area contributed by atoms with Crippen molar-refractivity contribution in [3.05, 3.63) is 87.9 Å². The van der Waals surface area contributed by atoms with Crippen LogP contribution in [0.15, 0.2) is 66.7 Å². The molecule has 0 bridgehead atoms. The summed E-state index contributed by atoms with van der Waals surface area (Å²) in [4.78, 5) is 26.4. The van der Waals surface area contributed by atoms with Gasteiger partial charge in [0.25, 0.3) is 5.91 Å². The molecule has 1 N–H and O–H groups in total. The third-order valence-corrected chi connectivity index (χ3v) is 6.83. The van der Waals surface area contributed by atoms with E-state index in [9.17, 15) is 9.59 Å². The van der Waals surface area contributed by atoms with Gasteiger partial charge in [-0.1, -0.05) is 41.4 Å². The fourth-order valence-corrected chi connectivity index (χ4v) is 4.78. The second-order valence-electron chi connectivity index (χ2n) is 7.27. The van der Waals surface area contributed by atoms with Crippen molar-refractivity contribution in [2.45, 2.75) is 12.3 Å². The number of anilines is 2. The van der Waals surface area contributed by atoms with Gasteiger partial charge in [-0.3, -0.25) is 14.5 Å². The van der Waals surface area contributed by atoms with E-state index in [1.54, 1.807) is 53.1 Å². The van der Waals surface area contributed by atoms with Crippen LogP contribution in [-0.2, 0) is 9.59 Å². The number of nitrogens with zero attached hydrogens (tertiary/aromatic N) is 1. The van der Waals surface area contributed by atoms with E-state index in [1.165, 1.54) is 0 Å². The minimum Gasteiger partial charge on any atom is -0.484 e. The van der Waals surface area contributed by atoms with Crippen molar-refractivity contribution in [3.8, 4) is 5.75 Å². The molecule has 0 unspecified atom stereocenters. The number of halogens is 2. The minimum atomic E-state index is -0.278.